The minimum Gasteiger partial charge on any atom is -0.355 e. The lowest BCUT2D eigenvalue weighted by Gasteiger charge is -2.15. The lowest BCUT2D eigenvalue weighted by molar-refractivity contribution is -0.907. The topological polar surface area (TPSA) is 33.5 Å². The molecule has 0 spiro atoms. The van der Waals surface area contributed by atoms with E-state index in [0.29, 0.717) is 22.7 Å². The fourth-order valence-electron chi connectivity index (χ4n) is 2.33. The first-order valence-electron chi connectivity index (χ1n) is 7.06. The molecule has 116 valence electrons. The van der Waals surface area contributed by atoms with Crippen molar-refractivity contribution in [2.45, 2.75) is 13.1 Å². The molecular formula is C17H19ClFN2O+. The molecule has 0 aliphatic carbocycles. The molecule has 1 amide bonds. The van der Waals surface area contributed by atoms with Crippen LogP contribution in [0, 0.1) is 5.82 Å². The van der Waals surface area contributed by atoms with Crippen LogP contribution >= 0.6 is 11.6 Å². The molecule has 3 nitrogen and oxygen atoms in total. The third kappa shape index (κ3) is 4.06. The summed E-state index contributed by atoms with van der Waals surface area (Å²) in [6.45, 7) is 1.22. The molecule has 0 saturated carbocycles. The number of carbonyl (C=O) groups excluding carboxylic acids is 1. The van der Waals surface area contributed by atoms with Crippen LogP contribution in [0.3, 0.4) is 0 Å². The molecule has 0 saturated heterocycles. The summed E-state index contributed by atoms with van der Waals surface area (Å²) in [5.74, 6) is -0.382. The standard InChI is InChI=1S/C17H18ClFN2O/c1-20-17(22)13-8-6-12(7-9-13)10-21(2)11-14-15(18)4-3-5-16(14)19/h3-9H,10-11H2,1-2H3,(H,20,22)/p+1. The van der Waals surface area contributed by atoms with Gasteiger partial charge < -0.3 is 10.2 Å². The summed E-state index contributed by atoms with van der Waals surface area (Å²) in [4.78, 5) is 12.6. The summed E-state index contributed by atoms with van der Waals surface area (Å²) in [7, 11) is 3.59. The van der Waals surface area contributed by atoms with Gasteiger partial charge in [-0.05, 0) is 24.3 Å². The van der Waals surface area contributed by atoms with E-state index in [-0.39, 0.29) is 11.7 Å². The van der Waals surface area contributed by atoms with Gasteiger partial charge in [0, 0.05) is 18.2 Å². The number of amides is 1. The normalized spacial score (nSPS) is 12.0. The number of carbonyl (C=O) groups is 1. The quantitative estimate of drug-likeness (QED) is 0.868. The maximum atomic E-state index is 13.8. The highest BCUT2D eigenvalue weighted by Gasteiger charge is 2.13. The first-order chi connectivity index (χ1) is 10.5. The number of rotatable bonds is 5. The van der Waals surface area contributed by atoms with Crippen molar-refractivity contribution in [3.63, 3.8) is 0 Å². The van der Waals surface area contributed by atoms with Gasteiger partial charge in [0.25, 0.3) is 5.91 Å². The second-order valence-corrected chi connectivity index (χ2v) is 5.69. The predicted octanol–water partition coefficient (Wildman–Crippen LogP) is 2.05. The monoisotopic (exact) mass is 321 g/mol. The average Bonchev–Trinajstić information content (AvgIpc) is 2.51. The third-order valence-corrected chi connectivity index (χ3v) is 3.84. The predicted molar refractivity (Wildman–Crippen MR) is 85.5 cm³/mol. The summed E-state index contributed by atoms with van der Waals surface area (Å²) < 4.78 is 13.8. The summed E-state index contributed by atoms with van der Waals surface area (Å²) in [5, 5.41) is 3.04. The molecule has 5 heteroatoms. The van der Waals surface area contributed by atoms with Crippen molar-refractivity contribution in [2.24, 2.45) is 0 Å². The molecule has 0 bridgehead atoms. The Morgan fingerprint density at radius 2 is 1.86 bits per heavy atom. The summed E-state index contributed by atoms with van der Waals surface area (Å²) in [6.07, 6.45) is 0. The molecule has 2 aromatic carbocycles. The van der Waals surface area contributed by atoms with Crippen molar-refractivity contribution >= 4 is 17.5 Å². The Morgan fingerprint density at radius 1 is 1.18 bits per heavy atom. The van der Waals surface area contributed by atoms with Crippen LogP contribution in [0.5, 0.6) is 0 Å². The van der Waals surface area contributed by atoms with E-state index in [2.05, 4.69) is 5.32 Å². The van der Waals surface area contributed by atoms with E-state index in [0.717, 1.165) is 17.0 Å². The zero-order chi connectivity index (χ0) is 16.1. The number of nitrogens with one attached hydrogen (secondary N) is 2. The van der Waals surface area contributed by atoms with Crippen LogP contribution in [-0.2, 0) is 13.1 Å². The summed E-state index contributed by atoms with van der Waals surface area (Å²) in [5.41, 5.74) is 2.24. The molecule has 0 aliphatic heterocycles. The van der Waals surface area contributed by atoms with Crippen molar-refractivity contribution in [1.82, 2.24) is 5.32 Å². The minimum atomic E-state index is -0.276. The highest BCUT2D eigenvalue weighted by atomic mass is 35.5. The Bertz CT molecular complexity index is 638. The molecule has 1 unspecified atom stereocenters. The van der Waals surface area contributed by atoms with Crippen molar-refractivity contribution in [3.8, 4) is 0 Å². The van der Waals surface area contributed by atoms with Gasteiger partial charge in [0.15, 0.2) is 0 Å². The Morgan fingerprint density at radius 3 is 2.45 bits per heavy atom. The van der Waals surface area contributed by atoms with E-state index in [1.165, 1.54) is 6.07 Å². The lowest BCUT2D eigenvalue weighted by atomic mass is 10.1. The van der Waals surface area contributed by atoms with E-state index in [9.17, 15) is 9.18 Å². The van der Waals surface area contributed by atoms with E-state index in [1.54, 1.807) is 31.3 Å². The summed E-state index contributed by atoms with van der Waals surface area (Å²) >= 11 is 6.05. The Kier molecular flexibility index (Phi) is 5.52. The van der Waals surface area contributed by atoms with Crippen LogP contribution in [-0.4, -0.2) is 20.0 Å². The highest BCUT2D eigenvalue weighted by molar-refractivity contribution is 6.31. The van der Waals surface area contributed by atoms with Gasteiger partial charge in [-0.3, -0.25) is 4.79 Å². The van der Waals surface area contributed by atoms with Gasteiger partial charge in [0.1, 0.15) is 18.9 Å². The molecule has 22 heavy (non-hydrogen) atoms. The first kappa shape index (κ1) is 16.5. The number of halogens is 2. The molecule has 0 radical (unpaired) electrons. The number of benzene rings is 2. The second-order valence-electron chi connectivity index (χ2n) is 5.29. The third-order valence-electron chi connectivity index (χ3n) is 3.49. The van der Waals surface area contributed by atoms with Crippen LogP contribution in [0.2, 0.25) is 5.02 Å². The van der Waals surface area contributed by atoms with Crippen molar-refractivity contribution in [3.05, 3.63) is 70.0 Å². The summed E-state index contributed by atoms with van der Waals surface area (Å²) in [6, 6.07) is 12.1. The molecule has 0 fully saturated rings. The Balaban J connectivity index is 2.03. The van der Waals surface area contributed by atoms with E-state index in [4.69, 9.17) is 11.6 Å². The smallest absolute Gasteiger partial charge is 0.251 e. The van der Waals surface area contributed by atoms with Crippen LogP contribution in [0.1, 0.15) is 21.5 Å². The molecule has 0 heterocycles. The van der Waals surface area contributed by atoms with Crippen LogP contribution in [0.25, 0.3) is 0 Å². The molecule has 2 rings (SSSR count). The molecule has 1 atom stereocenters. The number of quaternary nitrogens is 1. The molecule has 2 aromatic rings. The first-order valence-corrected chi connectivity index (χ1v) is 7.44. The van der Waals surface area contributed by atoms with Gasteiger partial charge in [-0.15, -0.1) is 0 Å². The van der Waals surface area contributed by atoms with Crippen molar-refractivity contribution in [1.29, 1.82) is 0 Å². The maximum Gasteiger partial charge on any atom is 0.251 e. The fourth-order valence-corrected chi connectivity index (χ4v) is 2.56. The highest BCUT2D eigenvalue weighted by Crippen LogP contribution is 2.17. The number of hydrogen-bond acceptors (Lipinski definition) is 1. The van der Waals surface area contributed by atoms with Crippen molar-refractivity contribution < 1.29 is 14.1 Å². The fraction of sp³-hybridized carbons (Fsp3) is 0.235. The second kappa shape index (κ2) is 7.38. The number of hydrogen-bond donors (Lipinski definition) is 2. The van der Waals surface area contributed by atoms with Gasteiger partial charge in [0.05, 0.1) is 17.6 Å². The SMILES string of the molecule is CNC(=O)c1ccc(C[NH+](C)Cc2c(F)cccc2Cl)cc1. The lowest BCUT2D eigenvalue weighted by Crippen LogP contribution is -3.06. The maximum absolute atomic E-state index is 13.8. The van der Waals surface area contributed by atoms with Gasteiger partial charge in [-0.25, -0.2) is 4.39 Å². The molecular weight excluding hydrogens is 303 g/mol. The minimum absolute atomic E-state index is 0.106. The zero-order valence-electron chi connectivity index (χ0n) is 12.6. The van der Waals surface area contributed by atoms with Gasteiger partial charge in [-0.1, -0.05) is 29.8 Å². The zero-order valence-corrected chi connectivity index (χ0v) is 13.4. The molecule has 0 aliphatic rings. The van der Waals surface area contributed by atoms with E-state index >= 15 is 0 Å². The van der Waals surface area contributed by atoms with E-state index in [1.807, 2.05) is 19.2 Å². The largest absolute Gasteiger partial charge is 0.355 e. The van der Waals surface area contributed by atoms with Crippen LogP contribution in [0.15, 0.2) is 42.5 Å². The average molecular weight is 322 g/mol. The van der Waals surface area contributed by atoms with Crippen molar-refractivity contribution in [2.75, 3.05) is 14.1 Å². The van der Waals surface area contributed by atoms with Gasteiger partial charge >= 0.3 is 0 Å². The van der Waals surface area contributed by atoms with E-state index < -0.39 is 0 Å². The van der Waals surface area contributed by atoms with Gasteiger partial charge in [0.2, 0.25) is 0 Å². The molecule has 0 aromatic heterocycles. The van der Waals surface area contributed by atoms with Crippen LogP contribution < -0.4 is 10.2 Å². The Hall–Kier alpha value is -1.91. The molecule has 2 N–H and O–H groups in total. The van der Waals surface area contributed by atoms with Crippen LogP contribution in [0.4, 0.5) is 4.39 Å². The Labute approximate surface area is 134 Å². The van der Waals surface area contributed by atoms with Gasteiger partial charge in [-0.2, -0.15) is 0 Å².